The Labute approximate surface area is 139 Å². The van der Waals surface area contributed by atoms with Crippen LogP contribution in [0.2, 0.25) is 5.02 Å². The van der Waals surface area contributed by atoms with E-state index in [4.69, 9.17) is 16.3 Å². The molecule has 2 aromatic rings. The van der Waals surface area contributed by atoms with Crippen molar-refractivity contribution in [2.45, 2.75) is 50.4 Å². The van der Waals surface area contributed by atoms with Gasteiger partial charge in [-0.3, -0.25) is 0 Å². The third-order valence-electron chi connectivity index (χ3n) is 4.77. The molecule has 2 aliphatic rings. The van der Waals surface area contributed by atoms with Crippen LogP contribution in [0.15, 0.2) is 18.6 Å². The predicted octanol–water partition coefficient (Wildman–Crippen LogP) is 2.24. The van der Waals surface area contributed by atoms with Gasteiger partial charge in [0.1, 0.15) is 5.69 Å². The Hall–Kier alpha value is -1.73. The molecule has 0 spiro atoms. The zero-order chi connectivity index (χ0) is 15.8. The molecule has 2 aromatic heterocycles. The minimum absolute atomic E-state index is 0.383. The van der Waals surface area contributed by atoms with Crippen LogP contribution in [0, 0.1) is 0 Å². The molecule has 2 atom stereocenters. The molecular formula is C15H19ClN6O. The lowest BCUT2D eigenvalue weighted by Crippen LogP contribution is -2.44. The van der Waals surface area contributed by atoms with E-state index in [1.807, 2.05) is 10.9 Å². The second kappa shape index (κ2) is 6.05. The Bertz CT molecular complexity index is 661. The van der Waals surface area contributed by atoms with Crippen LogP contribution in [0.25, 0.3) is 0 Å². The topological polar surface area (TPSA) is 69.0 Å². The molecule has 2 aliphatic heterocycles. The summed E-state index contributed by atoms with van der Waals surface area (Å²) in [6.45, 7) is 0.504. The number of piperidine rings is 1. The maximum atomic E-state index is 5.90. The highest BCUT2D eigenvalue weighted by atomic mass is 35.5. The second-order valence-corrected chi connectivity index (χ2v) is 6.68. The number of nitrogens with zero attached hydrogens (tertiary/aromatic N) is 6. The van der Waals surface area contributed by atoms with Crippen molar-refractivity contribution < 1.29 is 4.74 Å². The van der Waals surface area contributed by atoms with Gasteiger partial charge < -0.3 is 9.64 Å². The standard InChI is InChI=1S/C15H19ClN6O/c1-23-9-11-8-21(20-19-11)14-4-12-2-3-13(5-14)22(12)15-17-6-10(16)7-18-15/h6-8,12-14H,2-5,9H2,1H3. The van der Waals surface area contributed by atoms with Gasteiger partial charge in [0, 0.05) is 19.2 Å². The van der Waals surface area contributed by atoms with Crippen LogP contribution in [0.3, 0.4) is 0 Å². The quantitative estimate of drug-likeness (QED) is 0.854. The molecule has 0 saturated carbocycles. The third kappa shape index (κ3) is 2.79. The average molecular weight is 335 g/mol. The molecule has 0 radical (unpaired) electrons. The van der Waals surface area contributed by atoms with Gasteiger partial charge in [-0.1, -0.05) is 16.8 Å². The summed E-state index contributed by atoms with van der Waals surface area (Å²) in [6.07, 6.45) is 9.77. The molecule has 2 saturated heterocycles. The molecule has 23 heavy (non-hydrogen) atoms. The van der Waals surface area contributed by atoms with Crippen LogP contribution in [-0.2, 0) is 11.3 Å². The number of hydrogen-bond donors (Lipinski definition) is 0. The summed E-state index contributed by atoms with van der Waals surface area (Å²) < 4.78 is 7.12. The van der Waals surface area contributed by atoms with Gasteiger partial charge in [-0.25, -0.2) is 14.6 Å². The van der Waals surface area contributed by atoms with E-state index in [0.29, 0.717) is 29.8 Å². The minimum Gasteiger partial charge on any atom is -0.378 e. The highest BCUT2D eigenvalue weighted by Gasteiger charge is 2.42. The number of anilines is 1. The van der Waals surface area contributed by atoms with Gasteiger partial charge in [-0.05, 0) is 25.7 Å². The largest absolute Gasteiger partial charge is 0.378 e. The maximum Gasteiger partial charge on any atom is 0.225 e. The smallest absolute Gasteiger partial charge is 0.225 e. The van der Waals surface area contributed by atoms with Crippen LogP contribution < -0.4 is 4.90 Å². The van der Waals surface area contributed by atoms with Gasteiger partial charge >= 0.3 is 0 Å². The monoisotopic (exact) mass is 334 g/mol. The summed E-state index contributed by atoms with van der Waals surface area (Å²) in [4.78, 5) is 11.2. The molecule has 0 aromatic carbocycles. The molecule has 0 amide bonds. The third-order valence-corrected chi connectivity index (χ3v) is 4.97. The van der Waals surface area contributed by atoms with E-state index in [1.165, 1.54) is 12.8 Å². The Balaban J connectivity index is 1.51. The first-order valence-corrected chi connectivity index (χ1v) is 8.28. The number of fused-ring (bicyclic) bond motifs is 2. The van der Waals surface area contributed by atoms with Gasteiger partial charge in [0.05, 0.1) is 36.3 Å². The van der Waals surface area contributed by atoms with E-state index in [1.54, 1.807) is 19.5 Å². The van der Waals surface area contributed by atoms with Crippen molar-refractivity contribution in [1.29, 1.82) is 0 Å². The zero-order valence-corrected chi connectivity index (χ0v) is 13.7. The SMILES string of the molecule is COCc1cn(C2CC3CCC(C2)N3c2ncc(Cl)cn2)nn1. The molecule has 4 heterocycles. The molecule has 2 fully saturated rings. The van der Waals surface area contributed by atoms with E-state index < -0.39 is 0 Å². The van der Waals surface area contributed by atoms with Gasteiger partial charge in [-0.2, -0.15) is 0 Å². The normalized spacial score (nSPS) is 26.7. The number of methoxy groups -OCH3 is 1. The van der Waals surface area contributed by atoms with E-state index in [0.717, 1.165) is 24.5 Å². The van der Waals surface area contributed by atoms with E-state index in [2.05, 4.69) is 25.2 Å². The first kappa shape index (κ1) is 14.8. The molecular weight excluding hydrogens is 316 g/mol. The van der Waals surface area contributed by atoms with Gasteiger partial charge in [-0.15, -0.1) is 5.10 Å². The lowest BCUT2D eigenvalue weighted by Gasteiger charge is -2.38. The van der Waals surface area contributed by atoms with Crippen molar-refractivity contribution in [3.05, 3.63) is 29.3 Å². The van der Waals surface area contributed by atoms with Gasteiger partial charge in [0.2, 0.25) is 5.95 Å². The average Bonchev–Trinajstić information content (AvgIpc) is 3.11. The van der Waals surface area contributed by atoms with Crippen molar-refractivity contribution in [3.63, 3.8) is 0 Å². The maximum absolute atomic E-state index is 5.90. The van der Waals surface area contributed by atoms with Crippen LogP contribution in [0.1, 0.15) is 37.4 Å². The lowest BCUT2D eigenvalue weighted by molar-refractivity contribution is 0.181. The summed E-state index contributed by atoms with van der Waals surface area (Å²) in [6, 6.07) is 1.29. The van der Waals surface area contributed by atoms with Crippen molar-refractivity contribution in [3.8, 4) is 0 Å². The molecule has 122 valence electrons. The minimum atomic E-state index is 0.383. The highest BCUT2D eigenvalue weighted by Crippen LogP contribution is 2.42. The fourth-order valence-corrected chi connectivity index (χ4v) is 3.93. The fraction of sp³-hybridized carbons (Fsp3) is 0.600. The number of aromatic nitrogens is 5. The zero-order valence-electron chi connectivity index (χ0n) is 13.0. The molecule has 2 bridgehead atoms. The van der Waals surface area contributed by atoms with E-state index in [-0.39, 0.29) is 0 Å². The summed E-state index contributed by atoms with van der Waals surface area (Å²) in [5, 5.41) is 9.03. The first-order valence-electron chi connectivity index (χ1n) is 7.90. The van der Waals surface area contributed by atoms with E-state index >= 15 is 0 Å². The predicted molar refractivity (Wildman–Crippen MR) is 85.3 cm³/mol. The molecule has 0 aliphatic carbocycles. The molecule has 2 unspecified atom stereocenters. The fourth-order valence-electron chi connectivity index (χ4n) is 3.84. The number of halogens is 1. The summed E-state index contributed by atoms with van der Waals surface area (Å²) in [7, 11) is 1.67. The Kier molecular flexibility index (Phi) is 3.90. The summed E-state index contributed by atoms with van der Waals surface area (Å²) >= 11 is 5.90. The summed E-state index contributed by atoms with van der Waals surface area (Å²) in [5.41, 5.74) is 0.878. The Morgan fingerprint density at radius 1 is 1.17 bits per heavy atom. The van der Waals surface area contributed by atoms with Gasteiger partial charge in [0.25, 0.3) is 0 Å². The number of ether oxygens (including phenoxy) is 1. The van der Waals surface area contributed by atoms with Gasteiger partial charge in [0.15, 0.2) is 0 Å². The molecule has 8 heteroatoms. The Morgan fingerprint density at radius 2 is 1.87 bits per heavy atom. The van der Waals surface area contributed by atoms with Crippen molar-refractivity contribution in [2.24, 2.45) is 0 Å². The van der Waals surface area contributed by atoms with Crippen LogP contribution >= 0.6 is 11.6 Å². The molecule has 7 nitrogen and oxygen atoms in total. The number of rotatable bonds is 4. The summed E-state index contributed by atoms with van der Waals surface area (Å²) in [5.74, 6) is 0.791. The second-order valence-electron chi connectivity index (χ2n) is 6.24. The van der Waals surface area contributed by atoms with Crippen molar-refractivity contribution >= 4 is 17.5 Å². The first-order chi connectivity index (χ1) is 11.2. The van der Waals surface area contributed by atoms with E-state index in [9.17, 15) is 0 Å². The molecule has 4 rings (SSSR count). The van der Waals surface area contributed by atoms with Crippen LogP contribution in [-0.4, -0.2) is 44.2 Å². The Morgan fingerprint density at radius 3 is 2.52 bits per heavy atom. The molecule has 0 N–H and O–H groups in total. The number of hydrogen-bond acceptors (Lipinski definition) is 6. The van der Waals surface area contributed by atoms with Crippen molar-refractivity contribution in [2.75, 3.05) is 12.0 Å². The van der Waals surface area contributed by atoms with Crippen molar-refractivity contribution in [1.82, 2.24) is 25.0 Å². The highest BCUT2D eigenvalue weighted by molar-refractivity contribution is 6.30. The van der Waals surface area contributed by atoms with Crippen LogP contribution in [0.5, 0.6) is 0 Å². The lowest BCUT2D eigenvalue weighted by atomic mass is 9.98. The van der Waals surface area contributed by atoms with Crippen LogP contribution in [0.4, 0.5) is 5.95 Å².